The molecule has 1 aliphatic rings. The van der Waals surface area contributed by atoms with Crippen molar-refractivity contribution in [2.24, 2.45) is 0 Å². The first kappa shape index (κ1) is 93.1. The van der Waals surface area contributed by atoms with Crippen molar-refractivity contribution in [1.29, 1.82) is 0 Å². The summed E-state index contributed by atoms with van der Waals surface area (Å²) in [5.41, 5.74) is 44.3. The maximum Gasteiger partial charge on any atom is 0.0468 e. The fourth-order valence-electron chi connectivity index (χ4n) is 21.9. The molecule has 0 saturated heterocycles. The maximum atomic E-state index is 2.44. The highest BCUT2D eigenvalue weighted by molar-refractivity contribution is 6.15. The number of rotatable bonds is 21. The molecule has 0 amide bonds. The molecule has 26 rings (SSSR count). The van der Waals surface area contributed by atoms with Crippen LogP contribution in [0.3, 0.4) is 0 Å². The second-order valence-corrected chi connectivity index (χ2v) is 38.9. The fourth-order valence-corrected chi connectivity index (χ4v) is 21.9. The molecular formula is C147H107N3. The molecule has 0 aromatic heterocycles. The third kappa shape index (κ3) is 19.2. The van der Waals surface area contributed by atoms with E-state index in [1.54, 1.807) is 0 Å². The summed E-state index contributed by atoms with van der Waals surface area (Å²) >= 11 is 0. The molecule has 0 saturated carbocycles. The van der Waals surface area contributed by atoms with Crippen LogP contribution in [-0.4, -0.2) is 0 Å². The number of benzene rings is 25. The van der Waals surface area contributed by atoms with Crippen molar-refractivity contribution < 1.29 is 0 Å². The molecule has 150 heavy (non-hydrogen) atoms. The molecular weight excluding hydrogens is 1810 g/mol. The van der Waals surface area contributed by atoms with Crippen molar-refractivity contribution in [1.82, 2.24) is 0 Å². The van der Waals surface area contributed by atoms with Gasteiger partial charge in [0.25, 0.3) is 0 Å². The van der Waals surface area contributed by atoms with Gasteiger partial charge in [-0.25, -0.2) is 0 Å². The van der Waals surface area contributed by atoms with E-state index in [4.69, 9.17) is 0 Å². The second kappa shape index (κ2) is 42.2. The van der Waals surface area contributed by atoms with Gasteiger partial charge in [0.2, 0.25) is 0 Å². The summed E-state index contributed by atoms with van der Waals surface area (Å²) in [4.78, 5) is 7.14. The maximum absolute atomic E-state index is 2.44. The average molecular weight is 1920 g/mol. The van der Waals surface area contributed by atoms with Crippen molar-refractivity contribution in [2.45, 2.75) is 19.3 Å². The van der Waals surface area contributed by atoms with Crippen LogP contribution in [-0.2, 0) is 5.41 Å². The molecule has 0 atom stereocenters. The van der Waals surface area contributed by atoms with Gasteiger partial charge in [-0.2, -0.15) is 0 Å². The lowest BCUT2D eigenvalue weighted by atomic mass is 9.81. The van der Waals surface area contributed by atoms with Crippen LogP contribution in [0.25, 0.3) is 177 Å². The molecule has 1 aliphatic carbocycles. The molecule has 0 spiro atoms. The van der Waals surface area contributed by atoms with E-state index in [2.05, 4.69) is 641 Å². The Kier molecular flexibility index (Phi) is 26.2. The minimum atomic E-state index is -0.0838. The van der Waals surface area contributed by atoms with Crippen LogP contribution < -0.4 is 14.7 Å². The Labute approximate surface area is 879 Å². The molecule has 0 N–H and O–H groups in total. The Morgan fingerprint density at radius 1 is 0.120 bits per heavy atom. The lowest BCUT2D eigenvalue weighted by molar-refractivity contribution is 0.660. The minimum absolute atomic E-state index is 0.0838. The molecule has 0 radical (unpaired) electrons. The normalized spacial score (nSPS) is 11.6. The van der Waals surface area contributed by atoms with Gasteiger partial charge in [0.05, 0.1) is 0 Å². The summed E-state index contributed by atoms with van der Waals surface area (Å²) < 4.78 is 0. The SMILES string of the molecule is CC1(C)c2ccccc2-c2ccc(-c3cc(N(c4ccc(-c5ccccc5)cc4)c4ccc(-c5ccccc5)cc4)ccc3-c3ccccc3)cc21.c1ccc(-c2ccc(N(c3ccc(-c4ccccc4)cc3)c3ccc(-c4ccccc4)c(-c4c5ccccc5cc5ccccc45)c3)cc2)cc1.c1ccc(-c2ccc(N(c3ccc(-c4ccccc4)cc3)c3ccc(-c4ccccc4)c(-c4cccc5ccccc45)c3)cc2)cc1. The molecule has 25 aromatic carbocycles. The summed E-state index contributed by atoms with van der Waals surface area (Å²) in [5.74, 6) is 0. The van der Waals surface area contributed by atoms with Crippen LogP contribution in [0.15, 0.2) is 613 Å². The van der Waals surface area contributed by atoms with Gasteiger partial charge in [0, 0.05) is 56.6 Å². The van der Waals surface area contributed by atoms with Crippen molar-refractivity contribution >= 4 is 83.5 Å². The van der Waals surface area contributed by atoms with Gasteiger partial charge < -0.3 is 14.7 Å². The first-order valence-electron chi connectivity index (χ1n) is 51.7. The highest BCUT2D eigenvalue weighted by Crippen LogP contribution is 2.54. The van der Waals surface area contributed by atoms with Crippen molar-refractivity contribution in [3.8, 4) is 145 Å². The van der Waals surface area contributed by atoms with Gasteiger partial charge in [0.1, 0.15) is 0 Å². The predicted octanol–water partition coefficient (Wildman–Crippen LogP) is 41.2. The van der Waals surface area contributed by atoms with Crippen LogP contribution >= 0.6 is 0 Å². The average Bonchev–Trinajstić information content (AvgIpc) is 1.57. The smallest absolute Gasteiger partial charge is 0.0468 e. The zero-order chi connectivity index (χ0) is 100. The zero-order valence-corrected chi connectivity index (χ0v) is 83.7. The molecule has 3 heteroatoms. The number of hydrogen-bond acceptors (Lipinski definition) is 3. The minimum Gasteiger partial charge on any atom is -0.310 e. The van der Waals surface area contributed by atoms with Gasteiger partial charge in [0.15, 0.2) is 0 Å². The highest BCUT2D eigenvalue weighted by atomic mass is 15.2. The Morgan fingerprint density at radius 2 is 0.347 bits per heavy atom. The van der Waals surface area contributed by atoms with Crippen LogP contribution in [0.1, 0.15) is 25.0 Å². The predicted molar refractivity (Wildman–Crippen MR) is 639 cm³/mol. The third-order valence-electron chi connectivity index (χ3n) is 29.4. The third-order valence-corrected chi connectivity index (χ3v) is 29.4. The highest BCUT2D eigenvalue weighted by Gasteiger charge is 2.36. The van der Waals surface area contributed by atoms with Crippen LogP contribution in [0, 0.1) is 0 Å². The van der Waals surface area contributed by atoms with Crippen LogP contribution in [0.4, 0.5) is 51.2 Å². The summed E-state index contributed by atoms with van der Waals surface area (Å²) in [6, 6.07) is 221. The lowest BCUT2D eigenvalue weighted by Gasteiger charge is -2.27. The Bertz CT molecular complexity index is 8720. The molecule has 25 aromatic rings. The summed E-state index contributed by atoms with van der Waals surface area (Å²) in [7, 11) is 0. The number of nitrogens with zero attached hydrogens (tertiary/aromatic N) is 3. The number of anilines is 9. The van der Waals surface area contributed by atoms with Crippen molar-refractivity contribution in [2.75, 3.05) is 14.7 Å². The van der Waals surface area contributed by atoms with Gasteiger partial charge in [-0.15, -0.1) is 0 Å². The summed E-state index contributed by atoms with van der Waals surface area (Å²) in [6.07, 6.45) is 0. The molecule has 0 fully saturated rings. The van der Waals surface area contributed by atoms with Gasteiger partial charge in [-0.3, -0.25) is 0 Å². The largest absolute Gasteiger partial charge is 0.310 e. The second-order valence-electron chi connectivity index (χ2n) is 38.9. The van der Waals surface area contributed by atoms with Gasteiger partial charge in [-0.1, -0.05) is 505 Å². The van der Waals surface area contributed by atoms with Gasteiger partial charge in [-0.05, 0) is 309 Å². The van der Waals surface area contributed by atoms with E-state index in [0.29, 0.717) is 0 Å². The zero-order valence-electron chi connectivity index (χ0n) is 83.7. The summed E-state index contributed by atoms with van der Waals surface area (Å²) in [6.45, 7) is 4.71. The van der Waals surface area contributed by atoms with E-state index in [-0.39, 0.29) is 5.41 Å². The van der Waals surface area contributed by atoms with Crippen LogP contribution in [0.2, 0.25) is 0 Å². The molecule has 0 unspecified atom stereocenters. The molecule has 0 heterocycles. The molecule has 0 aliphatic heterocycles. The number of hydrogen-bond donors (Lipinski definition) is 0. The summed E-state index contributed by atoms with van der Waals surface area (Å²) in [5, 5.41) is 7.45. The van der Waals surface area contributed by atoms with E-state index in [0.717, 1.165) is 51.2 Å². The molecule has 0 bridgehead atoms. The van der Waals surface area contributed by atoms with E-state index < -0.39 is 0 Å². The van der Waals surface area contributed by atoms with Crippen molar-refractivity contribution in [3.63, 3.8) is 0 Å². The first-order chi connectivity index (χ1) is 74.2. The topological polar surface area (TPSA) is 9.72 Å². The lowest BCUT2D eigenvalue weighted by Crippen LogP contribution is -2.15. The number of fused-ring (bicyclic) bond motifs is 6. The Hall–Kier alpha value is -19.3. The van der Waals surface area contributed by atoms with Crippen molar-refractivity contribution in [3.05, 3.63) is 624 Å². The van der Waals surface area contributed by atoms with Crippen LogP contribution in [0.5, 0.6) is 0 Å². The standard InChI is InChI=1S/C51H39N.C50H35N.C46H33N/c1-51(2)49-21-13-12-20-46(49)47-32-26-41(34-50(47)51)48-35-44(31-33-45(48)40-18-10-5-11-19-40)52(42-27-22-38(23-28-42)36-14-6-3-7-15-36)43-29-24-39(25-30-43)37-16-8-4-9-17-37;1-4-14-36(15-5-1)38-24-28-43(29-25-38)51(44-30-26-39(27-31-44)37-16-6-2-7-17-37)45-32-33-46(40-18-8-3-9-19-40)49(35-45)50-47-22-12-10-20-41(47)34-42-21-11-13-23-48(42)50;1-4-13-34(14-5-1)36-23-27-40(28-24-36)47(41-29-25-37(26-30-41)35-15-6-2-7-16-35)42-31-32-44(38-17-8-3-9-18-38)46(33-42)45-22-12-20-39-19-10-11-21-43(39)45/h3-35H,1-2H3;1-35H;1-33H. The molecule has 3 nitrogen and oxygen atoms in total. The fraction of sp³-hybridized carbons (Fsp3) is 0.0204. The Balaban J connectivity index is 0.000000120. The van der Waals surface area contributed by atoms with Gasteiger partial charge >= 0.3 is 0 Å². The molecule has 710 valence electrons. The quantitative estimate of drug-likeness (QED) is 0.0664. The first-order valence-corrected chi connectivity index (χ1v) is 51.7. The van der Waals surface area contributed by atoms with E-state index >= 15 is 0 Å². The Morgan fingerprint density at radius 3 is 0.693 bits per heavy atom. The van der Waals surface area contributed by atoms with E-state index in [9.17, 15) is 0 Å². The van der Waals surface area contributed by atoms with E-state index in [1.165, 1.54) is 188 Å². The van der Waals surface area contributed by atoms with E-state index in [1.807, 2.05) is 0 Å². The monoisotopic (exact) mass is 1910 g/mol.